The zero-order valence-corrected chi connectivity index (χ0v) is 13.0. The van der Waals surface area contributed by atoms with Gasteiger partial charge in [-0.15, -0.1) is 0 Å². The summed E-state index contributed by atoms with van der Waals surface area (Å²) in [5.74, 6) is 1.57. The van der Waals surface area contributed by atoms with Gasteiger partial charge in [-0.1, -0.05) is 27.7 Å². The fraction of sp³-hybridized carbons (Fsp3) is 0.750. The lowest BCUT2D eigenvalue weighted by Crippen LogP contribution is -2.36. The van der Waals surface area contributed by atoms with E-state index in [1.165, 1.54) is 25.8 Å². The molecule has 0 amide bonds. The Hall–Kier alpha value is -0.340. The van der Waals surface area contributed by atoms with E-state index in [9.17, 15) is 0 Å². The van der Waals surface area contributed by atoms with E-state index in [0.29, 0.717) is 11.5 Å². The Morgan fingerprint density at radius 1 is 1.44 bits per heavy atom. The van der Waals surface area contributed by atoms with Gasteiger partial charge in [-0.05, 0) is 65.4 Å². The minimum Gasteiger partial charge on any atom is -0.314 e. The predicted octanol–water partition coefficient (Wildman–Crippen LogP) is 4.66. The molecule has 1 aliphatic rings. The molecule has 0 aromatic carbocycles. The first-order valence-corrected chi connectivity index (χ1v) is 8.18. The quantitative estimate of drug-likeness (QED) is 0.835. The molecule has 1 aromatic heterocycles. The van der Waals surface area contributed by atoms with E-state index in [-0.39, 0.29) is 0 Å². The van der Waals surface area contributed by atoms with Crippen molar-refractivity contribution in [3.63, 3.8) is 0 Å². The molecular weight excluding hydrogens is 238 g/mol. The summed E-state index contributed by atoms with van der Waals surface area (Å²) in [5.41, 5.74) is 2.09. The highest BCUT2D eigenvalue weighted by Gasteiger charge is 2.35. The second kappa shape index (κ2) is 5.75. The molecule has 2 heteroatoms. The van der Waals surface area contributed by atoms with Crippen molar-refractivity contribution in [1.29, 1.82) is 0 Å². The van der Waals surface area contributed by atoms with E-state index in [0.717, 1.165) is 11.8 Å². The van der Waals surface area contributed by atoms with Crippen LogP contribution in [0.2, 0.25) is 0 Å². The highest BCUT2D eigenvalue weighted by Crippen LogP contribution is 2.46. The summed E-state index contributed by atoms with van der Waals surface area (Å²) in [6.45, 7) is 10.5. The van der Waals surface area contributed by atoms with Crippen LogP contribution in [0.15, 0.2) is 16.8 Å². The van der Waals surface area contributed by atoms with Crippen molar-refractivity contribution in [3.8, 4) is 0 Å². The molecule has 0 saturated heterocycles. The summed E-state index contributed by atoms with van der Waals surface area (Å²) in [7, 11) is 0. The Morgan fingerprint density at radius 3 is 2.83 bits per heavy atom. The number of hydrogen-bond acceptors (Lipinski definition) is 2. The Bertz CT molecular complexity index is 351. The molecule has 2 rings (SSSR count). The van der Waals surface area contributed by atoms with Crippen molar-refractivity contribution < 1.29 is 0 Å². The van der Waals surface area contributed by atoms with E-state index in [1.54, 1.807) is 5.56 Å². The monoisotopic (exact) mass is 265 g/mol. The molecule has 0 spiro atoms. The largest absolute Gasteiger partial charge is 0.314 e. The minimum absolute atomic E-state index is 0.515. The van der Waals surface area contributed by atoms with E-state index >= 15 is 0 Å². The number of nitrogens with one attached hydrogen (secondary N) is 1. The Morgan fingerprint density at radius 2 is 2.22 bits per heavy atom. The highest BCUT2D eigenvalue weighted by atomic mass is 32.1. The standard InChI is InChI=1S/C16H27NS/c1-12(2)17-10-13-5-7-16(3,4)9-15(13)14-6-8-18-11-14/h6,8,11-13,15,17H,5,7,9-10H2,1-4H3. The topological polar surface area (TPSA) is 12.0 Å². The van der Waals surface area contributed by atoms with Crippen LogP contribution in [0.25, 0.3) is 0 Å². The van der Waals surface area contributed by atoms with E-state index in [1.807, 2.05) is 11.3 Å². The first kappa shape index (κ1) is 14.1. The Kier molecular flexibility index (Phi) is 4.50. The number of hydrogen-bond donors (Lipinski definition) is 1. The van der Waals surface area contributed by atoms with Crippen molar-refractivity contribution in [1.82, 2.24) is 5.32 Å². The second-order valence-corrected chi connectivity index (χ2v) is 7.67. The fourth-order valence-electron chi connectivity index (χ4n) is 3.15. The van der Waals surface area contributed by atoms with Gasteiger partial charge in [0.05, 0.1) is 0 Å². The van der Waals surface area contributed by atoms with Gasteiger partial charge in [-0.3, -0.25) is 0 Å². The van der Waals surface area contributed by atoms with Crippen LogP contribution in [0.1, 0.15) is 58.4 Å². The molecule has 0 bridgehead atoms. The van der Waals surface area contributed by atoms with Gasteiger partial charge in [-0.2, -0.15) is 11.3 Å². The molecule has 102 valence electrons. The third-order valence-electron chi connectivity index (χ3n) is 4.29. The van der Waals surface area contributed by atoms with Crippen LogP contribution in [0.4, 0.5) is 0 Å². The second-order valence-electron chi connectivity index (χ2n) is 6.89. The zero-order chi connectivity index (χ0) is 13.2. The average molecular weight is 265 g/mol. The molecule has 2 unspecified atom stereocenters. The lowest BCUT2D eigenvalue weighted by atomic mass is 9.65. The molecule has 1 aromatic rings. The third-order valence-corrected chi connectivity index (χ3v) is 4.99. The van der Waals surface area contributed by atoms with Crippen LogP contribution in [0, 0.1) is 11.3 Å². The molecule has 1 heterocycles. The van der Waals surface area contributed by atoms with Crippen LogP contribution >= 0.6 is 11.3 Å². The van der Waals surface area contributed by atoms with Gasteiger partial charge in [0.2, 0.25) is 0 Å². The Balaban J connectivity index is 2.07. The lowest BCUT2D eigenvalue weighted by Gasteiger charge is -2.41. The summed E-state index contributed by atoms with van der Waals surface area (Å²) >= 11 is 1.84. The summed E-state index contributed by atoms with van der Waals surface area (Å²) < 4.78 is 0. The number of rotatable bonds is 4. The van der Waals surface area contributed by atoms with Crippen LogP contribution in [0.3, 0.4) is 0 Å². The van der Waals surface area contributed by atoms with Gasteiger partial charge in [0.15, 0.2) is 0 Å². The molecule has 1 fully saturated rings. The van der Waals surface area contributed by atoms with Crippen LogP contribution in [0.5, 0.6) is 0 Å². The molecule has 0 aliphatic heterocycles. The van der Waals surface area contributed by atoms with Gasteiger partial charge in [-0.25, -0.2) is 0 Å². The average Bonchev–Trinajstić information content (AvgIpc) is 2.79. The molecule has 1 saturated carbocycles. The lowest BCUT2D eigenvalue weighted by molar-refractivity contribution is 0.158. The summed E-state index contributed by atoms with van der Waals surface area (Å²) in [6, 6.07) is 2.93. The van der Waals surface area contributed by atoms with Crippen molar-refractivity contribution >= 4 is 11.3 Å². The highest BCUT2D eigenvalue weighted by molar-refractivity contribution is 7.07. The van der Waals surface area contributed by atoms with Crippen molar-refractivity contribution in [2.45, 2.75) is 58.9 Å². The predicted molar refractivity (Wildman–Crippen MR) is 81.3 cm³/mol. The molecule has 1 nitrogen and oxygen atoms in total. The van der Waals surface area contributed by atoms with Gasteiger partial charge in [0.1, 0.15) is 0 Å². The first-order chi connectivity index (χ1) is 8.48. The third kappa shape index (κ3) is 3.58. The van der Waals surface area contributed by atoms with Gasteiger partial charge in [0.25, 0.3) is 0 Å². The van der Waals surface area contributed by atoms with Gasteiger partial charge < -0.3 is 5.32 Å². The van der Waals surface area contributed by atoms with Crippen LogP contribution < -0.4 is 5.32 Å². The number of thiophene rings is 1. The van der Waals surface area contributed by atoms with Gasteiger partial charge in [0, 0.05) is 6.04 Å². The van der Waals surface area contributed by atoms with E-state index in [4.69, 9.17) is 0 Å². The summed E-state index contributed by atoms with van der Waals surface area (Å²) in [5, 5.41) is 8.22. The maximum atomic E-state index is 3.64. The van der Waals surface area contributed by atoms with E-state index < -0.39 is 0 Å². The molecule has 0 radical (unpaired) electrons. The summed E-state index contributed by atoms with van der Waals surface area (Å²) in [6.07, 6.45) is 4.08. The zero-order valence-electron chi connectivity index (χ0n) is 12.2. The van der Waals surface area contributed by atoms with Crippen molar-refractivity contribution in [2.75, 3.05) is 6.54 Å². The normalized spacial score (nSPS) is 27.6. The van der Waals surface area contributed by atoms with Gasteiger partial charge >= 0.3 is 0 Å². The molecule has 1 aliphatic carbocycles. The van der Waals surface area contributed by atoms with Crippen LogP contribution in [-0.2, 0) is 0 Å². The molecular formula is C16H27NS. The van der Waals surface area contributed by atoms with E-state index in [2.05, 4.69) is 49.8 Å². The Labute approximate surface area is 116 Å². The molecule has 1 N–H and O–H groups in total. The SMILES string of the molecule is CC(C)NCC1CCC(C)(C)CC1c1ccsc1. The fourth-order valence-corrected chi connectivity index (χ4v) is 3.87. The van der Waals surface area contributed by atoms with Crippen molar-refractivity contribution in [2.24, 2.45) is 11.3 Å². The molecule has 2 atom stereocenters. The smallest absolute Gasteiger partial charge is 0.00104 e. The molecule has 18 heavy (non-hydrogen) atoms. The first-order valence-electron chi connectivity index (χ1n) is 7.23. The maximum Gasteiger partial charge on any atom is 0.00104 e. The van der Waals surface area contributed by atoms with Crippen LogP contribution in [-0.4, -0.2) is 12.6 Å². The summed E-state index contributed by atoms with van der Waals surface area (Å²) in [4.78, 5) is 0. The minimum atomic E-state index is 0.515. The van der Waals surface area contributed by atoms with Crippen molar-refractivity contribution in [3.05, 3.63) is 22.4 Å². The maximum absolute atomic E-state index is 3.64.